The molecule has 0 aromatic heterocycles. The maximum atomic E-state index is 14.1. The van der Waals surface area contributed by atoms with Crippen LogP contribution in [0.3, 0.4) is 0 Å². The van der Waals surface area contributed by atoms with Crippen LogP contribution >= 0.6 is 11.6 Å². The SMILES string of the molecule is Cc1cc(C)cc(N(CC(=O)N(Cc2cccc(Cl)c2)[C@H](Cc2ccccc2)C(=O)NCC(C)C)S(C)(=O)=O)c1. The summed E-state index contributed by atoms with van der Waals surface area (Å²) < 4.78 is 27.0. The highest BCUT2D eigenvalue weighted by Gasteiger charge is 2.33. The summed E-state index contributed by atoms with van der Waals surface area (Å²) in [6.07, 6.45) is 1.34. The molecule has 0 saturated heterocycles. The van der Waals surface area contributed by atoms with E-state index < -0.39 is 28.5 Å². The molecule has 1 N–H and O–H groups in total. The van der Waals surface area contributed by atoms with Gasteiger partial charge in [-0.1, -0.05) is 74.0 Å². The van der Waals surface area contributed by atoms with Crippen molar-refractivity contribution in [3.8, 4) is 0 Å². The smallest absolute Gasteiger partial charge is 0.244 e. The number of rotatable bonds is 12. The first kappa shape index (κ1) is 31.2. The first-order valence-electron chi connectivity index (χ1n) is 13.2. The van der Waals surface area contributed by atoms with Gasteiger partial charge < -0.3 is 10.2 Å². The molecule has 0 bridgehead atoms. The molecule has 214 valence electrons. The van der Waals surface area contributed by atoms with Gasteiger partial charge in [-0.25, -0.2) is 8.42 Å². The monoisotopic (exact) mass is 583 g/mol. The summed E-state index contributed by atoms with van der Waals surface area (Å²) in [5, 5.41) is 3.48. The van der Waals surface area contributed by atoms with Gasteiger partial charge in [-0.05, 0) is 66.3 Å². The van der Waals surface area contributed by atoms with Crippen LogP contribution in [0.25, 0.3) is 0 Å². The normalized spacial score (nSPS) is 12.2. The van der Waals surface area contributed by atoms with Crippen LogP contribution in [0.5, 0.6) is 0 Å². The highest BCUT2D eigenvalue weighted by Crippen LogP contribution is 2.23. The molecule has 1 atom stereocenters. The Hall–Kier alpha value is -3.36. The number of aryl methyl sites for hydroxylation is 2. The van der Waals surface area contributed by atoms with Gasteiger partial charge in [0.05, 0.1) is 11.9 Å². The number of carbonyl (C=O) groups excluding carboxylic acids is 2. The number of hydrogen-bond donors (Lipinski definition) is 1. The predicted molar refractivity (Wildman–Crippen MR) is 162 cm³/mol. The Bertz CT molecular complexity index is 1410. The van der Waals surface area contributed by atoms with Crippen LogP contribution in [0, 0.1) is 19.8 Å². The van der Waals surface area contributed by atoms with E-state index in [2.05, 4.69) is 5.32 Å². The van der Waals surface area contributed by atoms with E-state index in [9.17, 15) is 18.0 Å². The third kappa shape index (κ3) is 9.10. The van der Waals surface area contributed by atoms with E-state index in [1.54, 1.807) is 30.3 Å². The number of benzene rings is 3. The van der Waals surface area contributed by atoms with Gasteiger partial charge in [0.2, 0.25) is 21.8 Å². The quantitative estimate of drug-likeness (QED) is 0.320. The lowest BCUT2D eigenvalue weighted by molar-refractivity contribution is -0.140. The van der Waals surface area contributed by atoms with Crippen molar-refractivity contribution in [2.45, 2.75) is 46.7 Å². The average Bonchev–Trinajstić information content (AvgIpc) is 2.87. The minimum absolute atomic E-state index is 0.0798. The molecule has 0 unspecified atom stereocenters. The molecule has 0 fully saturated rings. The number of amides is 2. The lowest BCUT2D eigenvalue weighted by atomic mass is 10.0. The van der Waals surface area contributed by atoms with Gasteiger partial charge >= 0.3 is 0 Å². The first-order valence-corrected chi connectivity index (χ1v) is 15.5. The molecule has 3 aromatic carbocycles. The Balaban J connectivity index is 2.06. The van der Waals surface area contributed by atoms with Crippen LogP contribution in [0.4, 0.5) is 5.69 Å². The van der Waals surface area contributed by atoms with Crippen LogP contribution in [-0.2, 0) is 32.6 Å². The van der Waals surface area contributed by atoms with E-state index in [-0.39, 0.29) is 24.8 Å². The van der Waals surface area contributed by atoms with E-state index >= 15 is 0 Å². The molecule has 0 aliphatic rings. The van der Waals surface area contributed by atoms with Crippen molar-refractivity contribution < 1.29 is 18.0 Å². The Morgan fingerprint density at radius 3 is 2.10 bits per heavy atom. The Morgan fingerprint density at radius 1 is 0.900 bits per heavy atom. The van der Waals surface area contributed by atoms with Crippen LogP contribution in [-0.4, -0.2) is 50.5 Å². The standard InChI is InChI=1S/C31H38ClN3O4S/c1-22(2)19-33-31(37)29(18-25-10-7-6-8-11-25)34(20-26-12-9-13-27(32)17-26)30(36)21-35(40(5,38)39)28-15-23(3)14-24(4)16-28/h6-17,22,29H,18-21H2,1-5H3,(H,33,37)/t29-/m1/s1. The second-order valence-electron chi connectivity index (χ2n) is 10.6. The topological polar surface area (TPSA) is 86.8 Å². The van der Waals surface area contributed by atoms with Gasteiger partial charge in [0.25, 0.3) is 0 Å². The number of nitrogens with one attached hydrogen (secondary N) is 1. The molecule has 0 aliphatic carbocycles. The lowest BCUT2D eigenvalue weighted by Gasteiger charge is -2.33. The zero-order valence-electron chi connectivity index (χ0n) is 23.7. The Labute approximate surface area is 243 Å². The minimum Gasteiger partial charge on any atom is -0.354 e. The van der Waals surface area contributed by atoms with E-state index in [0.29, 0.717) is 17.3 Å². The Kier molecular flexibility index (Phi) is 10.8. The fraction of sp³-hybridized carbons (Fsp3) is 0.355. The largest absolute Gasteiger partial charge is 0.354 e. The van der Waals surface area contributed by atoms with Gasteiger partial charge in [0.1, 0.15) is 12.6 Å². The fourth-order valence-electron chi connectivity index (χ4n) is 4.52. The van der Waals surface area contributed by atoms with Gasteiger partial charge in [-0.3, -0.25) is 13.9 Å². The zero-order valence-corrected chi connectivity index (χ0v) is 25.3. The predicted octanol–water partition coefficient (Wildman–Crippen LogP) is 5.14. The molecule has 0 aliphatic heterocycles. The average molecular weight is 584 g/mol. The minimum atomic E-state index is -3.82. The summed E-state index contributed by atoms with van der Waals surface area (Å²) >= 11 is 6.25. The van der Waals surface area contributed by atoms with Gasteiger partial charge in [0.15, 0.2) is 0 Å². The van der Waals surface area contributed by atoms with Crippen molar-refractivity contribution >= 4 is 39.1 Å². The first-order chi connectivity index (χ1) is 18.8. The van der Waals surface area contributed by atoms with E-state index in [1.165, 1.54) is 4.90 Å². The molecule has 0 saturated carbocycles. The zero-order chi connectivity index (χ0) is 29.4. The number of sulfonamides is 1. The number of nitrogens with zero attached hydrogens (tertiary/aromatic N) is 2. The Morgan fingerprint density at radius 2 is 1.52 bits per heavy atom. The van der Waals surface area contributed by atoms with Gasteiger partial charge in [-0.15, -0.1) is 0 Å². The molecule has 3 aromatic rings. The summed E-state index contributed by atoms with van der Waals surface area (Å²) in [6, 6.07) is 21.1. The van der Waals surface area contributed by atoms with Crippen molar-refractivity contribution in [2.24, 2.45) is 5.92 Å². The molecule has 2 amide bonds. The van der Waals surface area contributed by atoms with Gasteiger partial charge in [0, 0.05) is 24.5 Å². The van der Waals surface area contributed by atoms with Crippen molar-refractivity contribution in [1.82, 2.24) is 10.2 Å². The van der Waals surface area contributed by atoms with Crippen molar-refractivity contribution in [2.75, 3.05) is 23.7 Å². The summed E-state index contributed by atoms with van der Waals surface area (Å²) in [7, 11) is -3.82. The number of hydrogen-bond acceptors (Lipinski definition) is 4. The second-order valence-corrected chi connectivity index (χ2v) is 13.0. The highest BCUT2D eigenvalue weighted by molar-refractivity contribution is 7.92. The summed E-state index contributed by atoms with van der Waals surface area (Å²) in [6.45, 7) is 7.81. The molecule has 3 rings (SSSR count). The summed E-state index contributed by atoms with van der Waals surface area (Å²) in [5.41, 5.74) is 3.77. The van der Waals surface area contributed by atoms with Crippen LogP contribution in [0.2, 0.25) is 5.02 Å². The van der Waals surface area contributed by atoms with E-state index in [1.807, 2.05) is 70.2 Å². The molecular weight excluding hydrogens is 546 g/mol. The summed E-state index contributed by atoms with van der Waals surface area (Å²) in [5.74, 6) is -0.584. The van der Waals surface area contributed by atoms with Crippen molar-refractivity contribution in [3.05, 3.63) is 100 Å². The van der Waals surface area contributed by atoms with Crippen molar-refractivity contribution in [3.63, 3.8) is 0 Å². The molecule has 40 heavy (non-hydrogen) atoms. The van der Waals surface area contributed by atoms with Gasteiger partial charge in [-0.2, -0.15) is 0 Å². The maximum absolute atomic E-state index is 14.1. The summed E-state index contributed by atoms with van der Waals surface area (Å²) in [4.78, 5) is 29.2. The molecule has 7 nitrogen and oxygen atoms in total. The van der Waals surface area contributed by atoms with E-state index in [0.717, 1.165) is 32.8 Å². The number of carbonyl (C=O) groups is 2. The molecule has 9 heteroatoms. The van der Waals surface area contributed by atoms with Crippen LogP contribution < -0.4 is 9.62 Å². The third-order valence-corrected chi connectivity index (χ3v) is 7.75. The van der Waals surface area contributed by atoms with Crippen LogP contribution in [0.1, 0.15) is 36.1 Å². The molecular formula is C31H38ClN3O4S. The van der Waals surface area contributed by atoms with Crippen LogP contribution in [0.15, 0.2) is 72.8 Å². The lowest BCUT2D eigenvalue weighted by Crippen LogP contribution is -2.53. The maximum Gasteiger partial charge on any atom is 0.244 e. The van der Waals surface area contributed by atoms with Crippen molar-refractivity contribution in [1.29, 1.82) is 0 Å². The number of halogens is 1. The third-order valence-electron chi connectivity index (χ3n) is 6.37. The molecule has 0 heterocycles. The molecule has 0 spiro atoms. The number of anilines is 1. The fourth-order valence-corrected chi connectivity index (χ4v) is 5.56. The second kappa shape index (κ2) is 13.8. The molecule has 0 radical (unpaired) electrons. The highest BCUT2D eigenvalue weighted by atomic mass is 35.5. The van der Waals surface area contributed by atoms with E-state index in [4.69, 9.17) is 11.6 Å².